The molecule has 2 rings (SSSR count). The van der Waals surface area contributed by atoms with Gasteiger partial charge in [-0.25, -0.2) is 0 Å². The predicted octanol–water partition coefficient (Wildman–Crippen LogP) is 2.31. The number of phenolic OH excluding ortho intramolecular Hbond substituents is 1. The smallest absolute Gasteiger partial charge is 0.268 e. The number of rotatable bonds is 3. The fraction of sp³-hybridized carbons (Fsp3) is 0.154. The zero-order valence-electron chi connectivity index (χ0n) is 9.85. The fourth-order valence-electron chi connectivity index (χ4n) is 1.64. The summed E-state index contributed by atoms with van der Waals surface area (Å²) in [4.78, 5) is 11.9. The number of hydrogen-bond acceptors (Lipinski definition) is 2. The molecule has 4 nitrogen and oxygen atoms in total. The molecule has 0 aliphatic carbocycles. The van der Waals surface area contributed by atoms with E-state index in [0.29, 0.717) is 17.3 Å². The van der Waals surface area contributed by atoms with E-state index in [1.54, 1.807) is 48.1 Å². The third-order valence-corrected chi connectivity index (χ3v) is 2.80. The number of amides is 1. The van der Waals surface area contributed by atoms with Gasteiger partial charge in [-0.3, -0.25) is 4.79 Å². The van der Waals surface area contributed by atoms with Crippen LogP contribution in [0.2, 0.25) is 5.02 Å². The summed E-state index contributed by atoms with van der Waals surface area (Å²) in [7, 11) is 1.77. The van der Waals surface area contributed by atoms with Crippen molar-refractivity contribution in [2.45, 2.75) is 6.54 Å². The lowest BCUT2D eigenvalue weighted by Crippen LogP contribution is -2.24. The van der Waals surface area contributed by atoms with Crippen molar-refractivity contribution >= 4 is 17.5 Å². The summed E-state index contributed by atoms with van der Waals surface area (Å²) in [6, 6.07) is 8.30. The number of aromatic nitrogens is 1. The zero-order chi connectivity index (χ0) is 13.1. The van der Waals surface area contributed by atoms with Gasteiger partial charge in [0, 0.05) is 19.8 Å². The number of benzene rings is 1. The summed E-state index contributed by atoms with van der Waals surface area (Å²) in [6.45, 7) is 0.405. The second kappa shape index (κ2) is 5.14. The molecule has 1 heterocycles. The second-order valence-electron chi connectivity index (χ2n) is 4.00. The lowest BCUT2D eigenvalue weighted by atomic mass is 10.2. The van der Waals surface area contributed by atoms with Gasteiger partial charge in [-0.1, -0.05) is 23.7 Å². The molecule has 0 saturated heterocycles. The topological polar surface area (TPSA) is 54.3 Å². The Labute approximate surface area is 110 Å². The van der Waals surface area contributed by atoms with Gasteiger partial charge in [0.05, 0.1) is 5.02 Å². The third-order valence-electron chi connectivity index (χ3n) is 2.59. The molecule has 94 valence electrons. The molecule has 2 aromatic rings. The predicted molar refractivity (Wildman–Crippen MR) is 69.7 cm³/mol. The lowest BCUT2D eigenvalue weighted by Gasteiger charge is -2.06. The van der Waals surface area contributed by atoms with Crippen molar-refractivity contribution in [1.82, 2.24) is 9.88 Å². The maximum atomic E-state index is 11.9. The first-order chi connectivity index (χ1) is 8.56. The molecule has 0 saturated carbocycles. The van der Waals surface area contributed by atoms with Crippen LogP contribution in [0.25, 0.3) is 0 Å². The van der Waals surface area contributed by atoms with Crippen molar-refractivity contribution in [2.24, 2.45) is 7.05 Å². The van der Waals surface area contributed by atoms with Crippen LogP contribution in [0.15, 0.2) is 36.5 Å². The minimum atomic E-state index is -0.183. The number of aromatic hydroxyl groups is 1. The Kier molecular flexibility index (Phi) is 3.58. The summed E-state index contributed by atoms with van der Waals surface area (Å²) in [5.74, 6) is 0.0248. The largest absolute Gasteiger partial charge is 0.508 e. The first-order valence-electron chi connectivity index (χ1n) is 5.44. The van der Waals surface area contributed by atoms with Crippen molar-refractivity contribution < 1.29 is 9.90 Å². The van der Waals surface area contributed by atoms with Crippen LogP contribution in [0, 0.1) is 0 Å². The van der Waals surface area contributed by atoms with E-state index in [0.717, 1.165) is 5.56 Å². The Hall–Kier alpha value is -1.94. The van der Waals surface area contributed by atoms with Gasteiger partial charge < -0.3 is 15.0 Å². The van der Waals surface area contributed by atoms with Crippen LogP contribution in [0.4, 0.5) is 0 Å². The molecule has 5 heteroatoms. The number of carbonyl (C=O) groups is 1. The van der Waals surface area contributed by atoms with Crippen LogP contribution >= 0.6 is 11.6 Å². The molecule has 1 aromatic carbocycles. The van der Waals surface area contributed by atoms with Crippen LogP contribution in [-0.4, -0.2) is 15.6 Å². The van der Waals surface area contributed by atoms with Gasteiger partial charge in [0.2, 0.25) is 0 Å². The minimum Gasteiger partial charge on any atom is -0.508 e. The number of carbonyl (C=O) groups excluding carboxylic acids is 1. The third kappa shape index (κ3) is 2.84. The number of nitrogens with zero attached hydrogens (tertiary/aromatic N) is 1. The number of phenols is 1. The van der Waals surface area contributed by atoms with Gasteiger partial charge in [0.1, 0.15) is 11.4 Å². The summed E-state index contributed by atoms with van der Waals surface area (Å²) in [6.07, 6.45) is 1.68. The van der Waals surface area contributed by atoms with E-state index in [1.807, 2.05) is 0 Å². The molecule has 18 heavy (non-hydrogen) atoms. The Balaban J connectivity index is 2.00. The molecule has 1 aromatic heterocycles. The van der Waals surface area contributed by atoms with Crippen LogP contribution in [0.5, 0.6) is 5.75 Å². The van der Waals surface area contributed by atoms with Crippen molar-refractivity contribution in [3.05, 3.63) is 52.8 Å². The van der Waals surface area contributed by atoms with E-state index in [4.69, 9.17) is 16.7 Å². The molecular formula is C13H13ClN2O2. The van der Waals surface area contributed by atoms with E-state index in [-0.39, 0.29) is 11.7 Å². The number of hydrogen-bond donors (Lipinski definition) is 2. The molecule has 2 N–H and O–H groups in total. The molecule has 0 aliphatic heterocycles. The van der Waals surface area contributed by atoms with Gasteiger partial charge in [-0.15, -0.1) is 0 Å². The van der Waals surface area contributed by atoms with Crippen LogP contribution in [0.3, 0.4) is 0 Å². The molecule has 0 aliphatic rings. The Morgan fingerprint density at radius 2 is 2.06 bits per heavy atom. The van der Waals surface area contributed by atoms with Gasteiger partial charge in [0.15, 0.2) is 0 Å². The van der Waals surface area contributed by atoms with Crippen molar-refractivity contribution in [3.8, 4) is 5.75 Å². The van der Waals surface area contributed by atoms with Crippen molar-refractivity contribution in [2.75, 3.05) is 0 Å². The SMILES string of the molecule is Cn1cc(Cl)cc1C(=O)NCc1ccc(O)cc1. The normalized spacial score (nSPS) is 10.3. The number of halogens is 1. The highest BCUT2D eigenvalue weighted by atomic mass is 35.5. The Morgan fingerprint density at radius 3 is 2.61 bits per heavy atom. The molecule has 0 unspecified atom stereocenters. The number of aryl methyl sites for hydroxylation is 1. The van der Waals surface area contributed by atoms with Gasteiger partial charge in [0.25, 0.3) is 5.91 Å². The Bertz CT molecular complexity index is 561. The van der Waals surface area contributed by atoms with Crippen LogP contribution < -0.4 is 5.32 Å². The highest BCUT2D eigenvalue weighted by molar-refractivity contribution is 6.31. The zero-order valence-corrected chi connectivity index (χ0v) is 10.6. The van der Waals surface area contributed by atoms with Crippen molar-refractivity contribution in [3.63, 3.8) is 0 Å². The molecule has 0 spiro atoms. The molecule has 0 fully saturated rings. The Morgan fingerprint density at radius 1 is 1.39 bits per heavy atom. The fourth-order valence-corrected chi connectivity index (χ4v) is 1.89. The maximum absolute atomic E-state index is 11.9. The van der Waals surface area contributed by atoms with E-state index in [2.05, 4.69) is 5.32 Å². The van der Waals surface area contributed by atoms with Gasteiger partial charge >= 0.3 is 0 Å². The van der Waals surface area contributed by atoms with E-state index in [9.17, 15) is 4.79 Å². The summed E-state index contributed by atoms with van der Waals surface area (Å²) < 4.78 is 1.68. The highest BCUT2D eigenvalue weighted by Crippen LogP contribution is 2.13. The average Bonchev–Trinajstić information content (AvgIpc) is 2.67. The monoisotopic (exact) mass is 264 g/mol. The standard InChI is InChI=1S/C13H13ClN2O2/c1-16-8-10(14)6-12(16)13(18)15-7-9-2-4-11(17)5-3-9/h2-6,8,17H,7H2,1H3,(H,15,18). The maximum Gasteiger partial charge on any atom is 0.268 e. The molecule has 0 radical (unpaired) electrons. The van der Waals surface area contributed by atoms with Crippen molar-refractivity contribution in [1.29, 1.82) is 0 Å². The second-order valence-corrected chi connectivity index (χ2v) is 4.44. The highest BCUT2D eigenvalue weighted by Gasteiger charge is 2.10. The van der Waals surface area contributed by atoms with Gasteiger partial charge in [-0.2, -0.15) is 0 Å². The number of nitrogens with one attached hydrogen (secondary N) is 1. The summed E-state index contributed by atoms with van der Waals surface area (Å²) in [5, 5.41) is 12.5. The molecule has 0 atom stereocenters. The molecular weight excluding hydrogens is 252 g/mol. The van der Waals surface area contributed by atoms with E-state index in [1.165, 1.54) is 0 Å². The summed E-state index contributed by atoms with van der Waals surface area (Å²) in [5.41, 5.74) is 1.43. The first kappa shape index (κ1) is 12.5. The van der Waals surface area contributed by atoms with Crippen LogP contribution in [0.1, 0.15) is 16.1 Å². The summed E-state index contributed by atoms with van der Waals surface area (Å²) >= 11 is 5.82. The quantitative estimate of drug-likeness (QED) is 0.894. The van der Waals surface area contributed by atoms with Crippen LogP contribution in [-0.2, 0) is 13.6 Å². The molecule has 1 amide bonds. The minimum absolute atomic E-state index is 0.183. The van der Waals surface area contributed by atoms with E-state index < -0.39 is 0 Å². The molecule has 0 bridgehead atoms. The van der Waals surface area contributed by atoms with Gasteiger partial charge in [-0.05, 0) is 23.8 Å². The lowest BCUT2D eigenvalue weighted by molar-refractivity contribution is 0.0943. The van der Waals surface area contributed by atoms with E-state index >= 15 is 0 Å². The first-order valence-corrected chi connectivity index (χ1v) is 5.82. The average molecular weight is 265 g/mol.